The van der Waals surface area contributed by atoms with E-state index in [4.69, 9.17) is 14.2 Å². The van der Waals surface area contributed by atoms with Crippen LogP contribution in [0.2, 0.25) is 0 Å². The Kier molecular flexibility index (Phi) is 8.16. The molecule has 1 aromatic carbocycles. The lowest BCUT2D eigenvalue weighted by molar-refractivity contribution is 0.0936. The number of nitrogens with one attached hydrogen (secondary N) is 2. The van der Waals surface area contributed by atoms with E-state index >= 15 is 0 Å². The van der Waals surface area contributed by atoms with E-state index in [1.165, 1.54) is 0 Å². The first kappa shape index (κ1) is 22.1. The van der Waals surface area contributed by atoms with Crippen LogP contribution in [-0.2, 0) is 6.54 Å². The summed E-state index contributed by atoms with van der Waals surface area (Å²) in [5.41, 5.74) is 2.98. The van der Waals surface area contributed by atoms with Gasteiger partial charge in [-0.15, -0.1) is 24.0 Å². The number of rotatable bonds is 5. The number of para-hydroxylation sites is 2. The average molecular weight is 498 g/mol. The molecule has 2 aromatic rings. The van der Waals surface area contributed by atoms with E-state index in [0.717, 1.165) is 34.1 Å². The minimum atomic E-state index is -0.0854. The predicted octanol–water partition coefficient (Wildman–Crippen LogP) is 2.83. The number of ether oxygens (including phenoxy) is 3. The third-order valence-corrected chi connectivity index (χ3v) is 4.46. The van der Waals surface area contributed by atoms with Gasteiger partial charge in [-0.2, -0.15) is 0 Å². The van der Waals surface area contributed by atoms with Gasteiger partial charge in [0, 0.05) is 24.4 Å². The average Bonchev–Trinajstić information content (AvgIpc) is 2.69. The summed E-state index contributed by atoms with van der Waals surface area (Å²) < 4.78 is 17.1. The van der Waals surface area contributed by atoms with Crippen molar-refractivity contribution in [1.82, 2.24) is 15.6 Å². The lowest BCUT2D eigenvalue weighted by atomic mass is 10.1. The van der Waals surface area contributed by atoms with Gasteiger partial charge in [0.05, 0.1) is 25.9 Å². The van der Waals surface area contributed by atoms with E-state index in [2.05, 4.69) is 20.6 Å². The van der Waals surface area contributed by atoms with Crippen molar-refractivity contribution in [2.75, 3.05) is 27.3 Å². The van der Waals surface area contributed by atoms with E-state index in [-0.39, 0.29) is 30.1 Å². The molecule has 1 aliphatic heterocycles. The molecule has 1 atom stereocenters. The number of nitrogens with zero attached hydrogens (tertiary/aromatic N) is 2. The summed E-state index contributed by atoms with van der Waals surface area (Å²) in [4.78, 5) is 8.76. The van der Waals surface area contributed by atoms with Gasteiger partial charge in [-0.25, -0.2) is 0 Å². The fraction of sp³-hybridized carbons (Fsp3) is 0.400. The highest BCUT2D eigenvalue weighted by Gasteiger charge is 2.20. The highest BCUT2D eigenvalue weighted by molar-refractivity contribution is 14.0. The zero-order valence-corrected chi connectivity index (χ0v) is 18.9. The normalized spacial score (nSPS) is 15.4. The summed E-state index contributed by atoms with van der Waals surface area (Å²) in [7, 11) is 3.41. The Labute approximate surface area is 182 Å². The number of hydrogen-bond donors (Lipinski definition) is 2. The number of pyridine rings is 1. The van der Waals surface area contributed by atoms with Gasteiger partial charge in [-0.05, 0) is 26.0 Å². The highest BCUT2D eigenvalue weighted by Crippen LogP contribution is 2.30. The van der Waals surface area contributed by atoms with Crippen molar-refractivity contribution < 1.29 is 14.2 Å². The maximum absolute atomic E-state index is 5.95. The zero-order valence-electron chi connectivity index (χ0n) is 16.6. The fourth-order valence-corrected chi connectivity index (χ4v) is 3.01. The Hall–Kier alpha value is -2.23. The fourth-order valence-electron chi connectivity index (χ4n) is 3.01. The first-order chi connectivity index (χ1) is 13.1. The topological polar surface area (TPSA) is 77.0 Å². The number of aryl methyl sites for hydroxylation is 1. The largest absolute Gasteiger partial charge is 0.496 e. The van der Waals surface area contributed by atoms with Gasteiger partial charge in [0.2, 0.25) is 0 Å². The van der Waals surface area contributed by atoms with Crippen molar-refractivity contribution >= 4 is 29.9 Å². The number of hydrogen-bond acceptors (Lipinski definition) is 5. The molecule has 1 unspecified atom stereocenters. The molecule has 2 heterocycles. The van der Waals surface area contributed by atoms with Gasteiger partial charge in [-0.3, -0.25) is 9.98 Å². The number of aromatic nitrogens is 1. The molecule has 0 bridgehead atoms. The van der Waals surface area contributed by atoms with Crippen molar-refractivity contribution in [2.24, 2.45) is 4.99 Å². The molecule has 8 heteroatoms. The molecule has 0 saturated carbocycles. The third-order valence-electron chi connectivity index (χ3n) is 4.46. The summed E-state index contributed by atoms with van der Waals surface area (Å²) in [6.07, 6.45) is 1.74. The SMILES string of the molecule is CN=C(NCc1ncc(C)c(OC)c1C)NCC1COc2ccccc2O1.I. The smallest absolute Gasteiger partial charge is 0.191 e. The zero-order chi connectivity index (χ0) is 19.2. The van der Waals surface area contributed by atoms with Crippen molar-refractivity contribution in [3.05, 3.63) is 47.3 Å². The molecule has 7 nitrogen and oxygen atoms in total. The summed E-state index contributed by atoms with van der Waals surface area (Å²) >= 11 is 0. The molecule has 0 fully saturated rings. The van der Waals surface area contributed by atoms with E-state index in [0.29, 0.717) is 25.7 Å². The molecule has 1 aromatic heterocycles. The van der Waals surface area contributed by atoms with Crippen LogP contribution < -0.4 is 24.8 Å². The van der Waals surface area contributed by atoms with Gasteiger partial charge in [0.1, 0.15) is 18.5 Å². The van der Waals surface area contributed by atoms with Crippen LogP contribution in [-0.4, -0.2) is 44.4 Å². The first-order valence-electron chi connectivity index (χ1n) is 8.94. The third kappa shape index (κ3) is 5.18. The second kappa shape index (κ2) is 10.4. The van der Waals surface area contributed by atoms with Crippen molar-refractivity contribution in [3.63, 3.8) is 0 Å². The number of halogens is 1. The van der Waals surface area contributed by atoms with Crippen LogP contribution in [0.5, 0.6) is 17.2 Å². The monoisotopic (exact) mass is 498 g/mol. The molecule has 152 valence electrons. The van der Waals surface area contributed by atoms with Crippen molar-refractivity contribution in [2.45, 2.75) is 26.5 Å². The van der Waals surface area contributed by atoms with Gasteiger partial charge in [-0.1, -0.05) is 12.1 Å². The molecule has 0 radical (unpaired) electrons. The summed E-state index contributed by atoms with van der Waals surface area (Å²) in [6, 6.07) is 7.69. The van der Waals surface area contributed by atoms with E-state index in [1.54, 1.807) is 14.2 Å². The Morgan fingerprint density at radius 3 is 2.71 bits per heavy atom. The highest BCUT2D eigenvalue weighted by atomic mass is 127. The number of aliphatic imine (C=N–C) groups is 1. The first-order valence-corrected chi connectivity index (χ1v) is 8.94. The molecular weight excluding hydrogens is 471 g/mol. The van der Waals surface area contributed by atoms with E-state index in [1.807, 2.05) is 44.3 Å². The number of benzene rings is 1. The summed E-state index contributed by atoms with van der Waals surface area (Å²) in [5.74, 6) is 3.10. The lowest BCUT2D eigenvalue weighted by Gasteiger charge is -2.27. The molecule has 28 heavy (non-hydrogen) atoms. The van der Waals surface area contributed by atoms with Crippen LogP contribution in [0.3, 0.4) is 0 Å². The van der Waals surface area contributed by atoms with Crippen LogP contribution in [0.15, 0.2) is 35.5 Å². The maximum atomic E-state index is 5.95. The lowest BCUT2D eigenvalue weighted by Crippen LogP contribution is -2.45. The van der Waals surface area contributed by atoms with Gasteiger partial charge in [0.25, 0.3) is 0 Å². The predicted molar refractivity (Wildman–Crippen MR) is 120 cm³/mol. The van der Waals surface area contributed by atoms with E-state index in [9.17, 15) is 0 Å². The van der Waals surface area contributed by atoms with Gasteiger partial charge < -0.3 is 24.8 Å². The molecule has 2 N–H and O–H groups in total. The minimum absolute atomic E-state index is 0. The summed E-state index contributed by atoms with van der Waals surface area (Å²) in [5, 5.41) is 6.56. The van der Waals surface area contributed by atoms with E-state index < -0.39 is 0 Å². The van der Waals surface area contributed by atoms with Crippen LogP contribution in [0.4, 0.5) is 0 Å². The quantitative estimate of drug-likeness (QED) is 0.375. The second-order valence-corrected chi connectivity index (χ2v) is 6.35. The molecule has 0 amide bonds. The molecule has 0 saturated heterocycles. The van der Waals surface area contributed by atoms with Crippen LogP contribution in [0, 0.1) is 13.8 Å². The van der Waals surface area contributed by atoms with Gasteiger partial charge in [0.15, 0.2) is 17.5 Å². The van der Waals surface area contributed by atoms with Crippen LogP contribution >= 0.6 is 24.0 Å². The van der Waals surface area contributed by atoms with Crippen molar-refractivity contribution in [3.8, 4) is 17.2 Å². The molecule has 0 spiro atoms. The molecule has 1 aliphatic rings. The molecule has 0 aliphatic carbocycles. The Morgan fingerprint density at radius 2 is 2.00 bits per heavy atom. The Balaban J connectivity index is 0.00000280. The number of guanidine groups is 1. The Morgan fingerprint density at radius 1 is 1.25 bits per heavy atom. The van der Waals surface area contributed by atoms with Crippen molar-refractivity contribution in [1.29, 1.82) is 0 Å². The number of fused-ring (bicyclic) bond motifs is 1. The van der Waals surface area contributed by atoms with Gasteiger partial charge >= 0.3 is 0 Å². The molecule has 3 rings (SSSR count). The van der Waals surface area contributed by atoms with Crippen LogP contribution in [0.25, 0.3) is 0 Å². The minimum Gasteiger partial charge on any atom is -0.496 e. The molecular formula is C20H27IN4O3. The summed E-state index contributed by atoms with van der Waals surface area (Å²) in [6.45, 7) is 5.62. The Bertz CT molecular complexity index is 829. The number of methoxy groups -OCH3 is 1. The standard InChI is InChI=1S/C20H26N4O3.HI/c1-13-9-22-16(14(2)19(13)25-4)11-24-20(21-3)23-10-15-12-26-17-7-5-6-8-18(17)27-15;/h5-9,15H,10-12H2,1-4H3,(H2,21,23,24);1H. The second-order valence-electron chi connectivity index (χ2n) is 6.35. The maximum Gasteiger partial charge on any atom is 0.191 e. The van der Waals surface area contributed by atoms with Crippen LogP contribution in [0.1, 0.15) is 16.8 Å².